The molecule has 4 amide bonds. The number of hydrogen-bond acceptors (Lipinski definition) is 10. The Morgan fingerprint density at radius 3 is 2.45 bits per heavy atom. The van der Waals surface area contributed by atoms with Crippen molar-refractivity contribution in [3.05, 3.63) is 105 Å². The number of nitro groups is 1. The average molecular weight is 792 g/mol. The molecule has 284 valence electrons. The smallest absolute Gasteiger partial charge is 0.269 e. The Kier molecular flexibility index (Phi) is 8.05. The zero-order valence-corrected chi connectivity index (χ0v) is 32.1. The lowest BCUT2D eigenvalue weighted by molar-refractivity contribution is -0.384. The van der Waals surface area contributed by atoms with E-state index in [4.69, 9.17) is 21.4 Å². The molecule has 3 aromatic carbocycles. The Morgan fingerprint density at radius 2 is 1.73 bits per heavy atom. The van der Waals surface area contributed by atoms with Crippen molar-refractivity contribution in [1.29, 1.82) is 0 Å². The molecule has 1 N–H and O–H groups in total. The lowest BCUT2D eigenvalue weighted by atomic mass is 9.51. The molecular weight excluding hydrogens is 758 g/mol. The summed E-state index contributed by atoms with van der Waals surface area (Å²) in [4.78, 5) is 72.4. The van der Waals surface area contributed by atoms with Crippen LogP contribution in [0.4, 0.5) is 17.2 Å². The van der Waals surface area contributed by atoms with E-state index in [9.17, 15) is 29.6 Å². The molecule has 0 spiro atoms. The van der Waals surface area contributed by atoms with Crippen LogP contribution in [0.15, 0.2) is 78.4 Å². The second-order valence-electron chi connectivity index (χ2n) is 15.1. The summed E-state index contributed by atoms with van der Waals surface area (Å²) in [6.45, 7) is 3.76. The van der Waals surface area contributed by atoms with Crippen molar-refractivity contribution in [3.8, 4) is 22.1 Å². The first-order chi connectivity index (χ1) is 26.7. The standard InChI is InChI=1S/C41H34ClN5O8S/c1-19-27-15-20(42)5-14-32(27)56-36(19)30-18-33(44(3)43-30)46-38(50)29-17-28-24(35(41(29,2)40(46)52)25-11-10-23(48)16-31(25)55-4)12-13-26-34(28)39(51)45(37(26)49)21-6-8-22(9-7-21)47(53)54/h5-12,14-16,18,26,28-29,34-35,48H,13,17H2,1-4H3/t26-,28+,29-,34-,35+,41+/m0/s1. The maximum Gasteiger partial charge on any atom is 0.269 e. The summed E-state index contributed by atoms with van der Waals surface area (Å²) >= 11 is 7.85. The lowest BCUT2D eigenvalue weighted by Crippen LogP contribution is -2.49. The van der Waals surface area contributed by atoms with Gasteiger partial charge in [-0.1, -0.05) is 29.3 Å². The quantitative estimate of drug-likeness (QED) is 0.0803. The second kappa shape index (κ2) is 12.6. The normalized spacial score (nSPS) is 25.7. The Bertz CT molecular complexity index is 2620. The van der Waals surface area contributed by atoms with Crippen LogP contribution in [0.3, 0.4) is 0 Å². The molecule has 9 rings (SSSR count). The summed E-state index contributed by atoms with van der Waals surface area (Å²) in [5.41, 5.74) is 1.55. The van der Waals surface area contributed by atoms with E-state index in [0.29, 0.717) is 27.8 Å². The number of thiophene rings is 1. The summed E-state index contributed by atoms with van der Waals surface area (Å²) in [5, 5.41) is 28.2. The maximum atomic E-state index is 15.2. The molecule has 0 bridgehead atoms. The third kappa shape index (κ3) is 4.94. The molecule has 3 fully saturated rings. The van der Waals surface area contributed by atoms with E-state index >= 15 is 4.79 Å². The number of hydrogen-bond donors (Lipinski definition) is 1. The number of nitrogens with zero attached hydrogens (tertiary/aromatic N) is 5. The van der Waals surface area contributed by atoms with Gasteiger partial charge in [0.1, 0.15) is 23.0 Å². The zero-order chi connectivity index (χ0) is 39.5. The number of aromatic nitrogens is 2. The van der Waals surface area contributed by atoms with Gasteiger partial charge in [0.2, 0.25) is 23.6 Å². The third-order valence-corrected chi connectivity index (χ3v) is 13.9. The van der Waals surface area contributed by atoms with Gasteiger partial charge in [0.25, 0.3) is 5.69 Å². The molecule has 2 aliphatic heterocycles. The van der Waals surface area contributed by atoms with Crippen molar-refractivity contribution in [1.82, 2.24) is 9.78 Å². The summed E-state index contributed by atoms with van der Waals surface area (Å²) < 4.78 is 8.32. The van der Waals surface area contributed by atoms with Gasteiger partial charge in [-0.3, -0.25) is 38.9 Å². The van der Waals surface area contributed by atoms with Crippen LogP contribution < -0.4 is 14.5 Å². The fourth-order valence-corrected chi connectivity index (χ4v) is 11.0. The number of benzene rings is 3. The van der Waals surface area contributed by atoms with Gasteiger partial charge in [0, 0.05) is 52.5 Å². The Hall–Kier alpha value is -5.86. The molecular formula is C41H34ClN5O8S. The maximum absolute atomic E-state index is 15.2. The first-order valence-electron chi connectivity index (χ1n) is 18.0. The number of carbonyl (C=O) groups is 4. The Morgan fingerprint density at radius 1 is 0.982 bits per heavy atom. The number of aryl methyl sites for hydroxylation is 2. The van der Waals surface area contributed by atoms with Crippen LogP contribution in [0.25, 0.3) is 20.7 Å². The zero-order valence-electron chi connectivity index (χ0n) is 30.6. The Balaban J connectivity index is 1.15. The summed E-state index contributed by atoms with van der Waals surface area (Å²) in [5.74, 6) is -5.11. The molecule has 13 nitrogen and oxygen atoms in total. The number of methoxy groups -OCH3 is 1. The van der Waals surface area contributed by atoms with Crippen LogP contribution in [-0.4, -0.2) is 50.5 Å². The highest BCUT2D eigenvalue weighted by Crippen LogP contribution is 2.64. The van der Waals surface area contributed by atoms with Crippen LogP contribution in [-0.2, 0) is 26.2 Å². The predicted molar refractivity (Wildman–Crippen MR) is 209 cm³/mol. The fraction of sp³-hybridized carbons (Fsp3) is 0.293. The molecule has 0 unspecified atom stereocenters. The minimum absolute atomic E-state index is 0.0516. The van der Waals surface area contributed by atoms with Crippen molar-refractivity contribution >= 4 is 73.8 Å². The van der Waals surface area contributed by atoms with E-state index in [1.807, 2.05) is 31.2 Å². The highest BCUT2D eigenvalue weighted by Gasteiger charge is 2.68. The van der Waals surface area contributed by atoms with Crippen molar-refractivity contribution in [2.45, 2.75) is 32.6 Å². The summed E-state index contributed by atoms with van der Waals surface area (Å²) in [6, 6.07) is 17.3. The molecule has 15 heteroatoms. The lowest BCUT2D eigenvalue weighted by Gasteiger charge is -2.49. The van der Waals surface area contributed by atoms with E-state index in [0.717, 1.165) is 31.0 Å². The third-order valence-electron chi connectivity index (χ3n) is 12.3. The number of fused-ring (bicyclic) bond motifs is 5. The number of non-ortho nitro benzene ring substituents is 1. The molecule has 0 radical (unpaired) electrons. The number of rotatable bonds is 6. The molecule has 2 aromatic heterocycles. The SMILES string of the molecule is COc1cc(O)ccc1[C@H]1C2=CC[C@@H]3C(=O)N(c4ccc([N+](=O)[O-])cc4)C(=O)[C@@H]3[C@@H]2C[C@H]2C(=O)N(c3cc(-c4sc5ccc(Cl)cc5c4C)nn3C)C(=O)[C@@]12C. The Labute approximate surface area is 328 Å². The van der Waals surface area contributed by atoms with Gasteiger partial charge in [-0.05, 0) is 80.0 Å². The molecule has 1 saturated carbocycles. The number of imide groups is 2. The summed E-state index contributed by atoms with van der Waals surface area (Å²) in [6.07, 6.45) is 2.25. The monoisotopic (exact) mass is 791 g/mol. The van der Waals surface area contributed by atoms with Crippen LogP contribution in [0.2, 0.25) is 5.02 Å². The van der Waals surface area contributed by atoms with E-state index in [1.54, 1.807) is 26.1 Å². The van der Waals surface area contributed by atoms with Gasteiger partial charge in [-0.2, -0.15) is 5.10 Å². The van der Waals surface area contributed by atoms with Crippen LogP contribution in [0.5, 0.6) is 11.5 Å². The highest BCUT2D eigenvalue weighted by atomic mass is 35.5. The van der Waals surface area contributed by atoms with Gasteiger partial charge < -0.3 is 9.84 Å². The fourth-order valence-electron chi connectivity index (χ4n) is 9.71. The van der Waals surface area contributed by atoms with Gasteiger partial charge >= 0.3 is 0 Å². The number of ether oxygens (including phenoxy) is 1. The van der Waals surface area contributed by atoms with Crippen LogP contribution in [0, 0.1) is 46.1 Å². The molecule has 4 heterocycles. The van der Waals surface area contributed by atoms with E-state index in [-0.39, 0.29) is 30.0 Å². The molecule has 5 aromatic rings. The number of amides is 4. The molecule has 2 aliphatic carbocycles. The first-order valence-corrected chi connectivity index (χ1v) is 19.2. The topological polar surface area (TPSA) is 165 Å². The van der Waals surface area contributed by atoms with Crippen molar-refractivity contribution in [3.63, 3.8) is 0 Å². The van der Waals surface area contributed by atoms with Crippen LogP contribution >= 0.6 is 22.9 Å². The number of carbonyl (C=O) groups excluding carboxylic acids is 4. The molecule has 6 atom stereocenters. The van der Waals surface area contributed by atoms with E-state index in [2.05, 4.69) is 0 Å². The number of phenols is 1. The number of halogens is 1. The first kappa shape index (κ1) is 35.8. The minimum Gasteiger partial charge on any atom is -0.508 e. The van der Waals surface area contributed by atoms with Gasteiger partial charge in [0.15, 0.2) is 0 Å². The van der Waals surface area contributed by atoms with Gasteiger partial charge in [0.05, 0.1) is 45.8 Å². The van der Waals surface area contributed by atoms with E-state index in [1.165, 1.54) is 64.4 Å². The minimum atomic E-state index is -1.37. The second-order valence-corrected chi connectivity index (χ2v) is 16.6. The number of allylic oxidation sites excluding steroid dienone is 2. The molecule has 2 saturated heterocycles. The van der Waals surface area contributed by atoms with Crippen molar-refractivity contribution in [2.75, 3.05) is 16.9 Å². The number of phenolic OH excluding ortho intramolecular Hbond substituents is 1. The predicted octanol–water partition coefficient (Wildman–Crippen LogP) is 7.32. The number of nitro benzene ring substituents is 1. The van der Waals surface area contributed by atoms with Gasteiger partial charge in [-0.15, -0.1) is 11.3 Å². The molecule has 4 aliphatic rings. The average Bonchev–Trinajstić information content (AvgIpc) is 3.85. The largest absolute Gasteiger partial charge is 0.508 e. The van der Waals surface area contributed by atoms with Gasteiger partial charge in [-0.25, -0.2) is 4.90 Å². The van der Waals surface area contributed by atoms with Crippen molar-refractivity contribution in [2.24, 2.45) is 36.1 Å². The molecule has 56 heavy (non-hydrogen) atoms. The summed E-state index contributed by atoms with van der Waals surface area (Å²) in [7, 11) is 3.14. The number of anilines is 2. The van der Waals surface area contributed by atoms with Crippen LogP contribution in [0.1, 0.15) is 36.8 Å². The van der Waals surface area contributed by atoms with Crippen molar-refractivity contribution < 1.29 is 33.9 Å². The highest BCUT2D eigenvalue weighted by molar-refractivity contribution is 7.22. The van der Waals surface area contributed by atoms with E-state index < -0.39 is 63.6 Å². The number of aromatic hydroxyl groups is 1.